The standard InChI is InChI=1S/C20H47NO6Si2/c1-7-24-28(25-8-2)15-11-13-22-19(5)17-21-18-20(6)23-14-12-16-29(26-9-3)27-10-4/h19-21,28-29H,7-18H2,1-6H3. The molecule has 0 heterocycles. The minimum Gasteiger partial charge on any atom is -0.397 e. The molecule has 0 saturated carbocycles. The molecule has 2 atom stereocenters. The molecule has 0 aliphatic carbocycles. The van der Waals surface area contributed by atoms with Gasteiger partial charge in [0.25, 0.3) is 0 Å². The number of rotatable bonds is 22. The highest BCUT2D eigenvalue weighted by atomic mass is 28.3. The molecule has 0 aromatic carbocycles. The van der Waals surface area contributed by atoms with Crippen LogP contribution in [-0.2, 0) is 27.2 Å². The van der Waals surface area contributed by atoms with Crippen LogP contribution in [0.25, 0.3) is 0 Å². The van der Waals surface area contributed by atoms with E-state index in [1.165, 1.54) is 0 Å². The van der Waals surface area contributed by atoms with Gasteiger partial charge in [0, 0.05) is 52.7 Å². The molecule has 0 aromatic rings. The molecule has 0 rings (SSSR count). The van der Waals surface area contributed by atoms with Gasteiger partial charge in [-0.15, -0.1) is 0 Å². The van der Waals surface area contributed by atoms with Crippen molar-refractivity contribution >= 4 is 18.6 Å². The predicted octanol–water partition coefficient (Wildman–Crippen LogP) is 2.75. The molecular formula is C20H47NO6Si2. The summed E-state index contributed by atoms with van der Waals surface area (Å²) >= 11 is 0. The van der Waals surface area contributed by atoms with Gasteiger partial charge in [0.2, 0.25) is 0 Å². The maximum absolute atomic E-state index is 5.89. The Balaban J connectivity index is 3.66. The summed E-state index contributed by atoms with van der Waals surface area (Å²) in [5, 5.41) is 3.43. The van der Waals surface area contributed by atoms with Crippen LogP contribution in [0.2, 0.25) is 12.1 Å². The average molecular weight is 454 g/mol. The molecular weight excluding hydrogens is 406 g/mol. The van der Waals surface area contributed by atoms with Crippen LogP contribution < -0.4 is 5.32 Å². The summed E-state index contributed by atoms with van der Waals surface area (Å²) in [5.74, 6) is 0. The van der Waals surface area contributed by atoms with E-state index < -0.39 is 18.6 Å². The molecule has 0 amide bonds. The molecule has 7 nitrogen and oxygen atoms in total. The molecule has 0 spiro atoms. The van der Waals surface area contributed by atoms with Gasteiger partial charge in [-0.05, 0) is 66.5 Å². The minimum atomic E-state index is -1.49. The van der Waals surface area contributed by atoms with Crippen LogP contribution >= 0.6 is 0 Å². The first-order chi connectivity index (χ1) is 14.1. The highest BCUT2D eigenvalue weighted by Gasteiger charge is 2.13. The van der Waals surface area contributed by atoms with Crippen LogP contribution in [0.4, 0.5) is 0 Å². The average Bonchev–Trinajstić information content (AvgIpc) is 2.69. The topological polar surface area (TPSA) is 67.4 Å². The zero-order chi connectivity index (χ0) is 21.7. The van der Waals surface area contributed by atoms with E-state index in [0.29, 0.717) is 0 Å². The Hall–Kier alpha value is 0.154. The van der Waals surface area contributed by atoms with Gasteiger partial charge in [-0.2, -0.15) is 0 Å². The Bertz CT molecular complexity index is 302. The third kappa shape index (κ3) is 18.6. The second kappa shape index (κ2) is 21.4. The quantitative estimate of drug-likeness (QED) is 0.200. The SMILES string of the molecule is CCO[SiH](CCCOC(C)CNCC(C)OCCC[SiH](OCC)OCC)OCC. The summed E-state index contributed by atoms with van der Waals surface area (Å²) in [7, 11) is -2.97. The fourth-order valence-corrected chi connectivity index (χ4v) is 6.20. The van der Waals surface area contributed by atoms with Crippen LogP contribution in [0, 0.1) is 0 Å². The number of nitrogens with one attached hydrogen (secondary N) is 1. The third-order valence-electron chi connectivity index (χ3n) is 4.25. The van der Waals surface area contributed by atoms with E-state index in [1.54, 1.807) is 0 Å². The summed E-state index contributed by atoms with van der Waals surface area (Å²) in [4.78, 5) is 0. The van der Waals surface area contributed by atoms with Crippen LogP contribution in [0.5, 0.6) is 0 Å². The van der Waals surface area contributed by atoms with Gasteiger partial charge in [0.1, 0.15) is 0 Å². The number of hydrogen-bond acceptors (Lipinski definition) is 7. The van der Waals surface area contributed by atoms with E-state index in [4.69, 9.17) is 27.2 Å². The van der Waals surface area contributed by atoms with Gasteiger partial charge in [-0.25, -0.2) is 0 Å². The normalized spacial score (nSPS) is 14.1. The van der Waals surface area contributed by atoms with Crippen molar-refractivity contribution in [3.05, 3.63) is 0 Å². The summed E-state index contributed by atoms with van der Waals surface area (Å²) in [6.45, 7) is 18.4. The van der Waals surface area contributed by atoms with E-state index in [1.807, 2.05) is 27.7 Å². The number of ether oxygens (including phenoxy) is 2. The maximum atomic E-state index is 5.89. The van der Waals surface area contributed by atoms with Gasteiger partial charge in [0.05, 0.1) is 12.2 Å². The Morgan fingerprint density at radius 3 is 1.28 bits per heavy atom. The van der Waals surface area contributed by atoms with Crippen molar-refractivity contribution in [3.63, 3.8) is 0 Å². The van der Waals surface area contributed by atoms with Gasteiger partial charge < -0.3 is 32.5 Å². The molecule has 0 aromatic heterocycles. The molecule has 1 N–H and O–H groups in total. The smallest absolute Gasteiger partial charge is 0.321 e. The highest BCUT2D eigenvalue weighted by molar-refractivity contribution is 6.44. The first-order valence-electron chi connectivity index (χ1n) is 11.5. The summed E-state index contributed by atoms with van der Waals surface area (Å²) in [6, 6.07) is 2.01. The molecule has 0 saturated heterocycles. The van der Waals surface area contributed by atoms with Crippen LogP contribution in [0.15, 0.2) is 0 Å². The molecule has 2 unspecified atom stereocenters. The minimum absolute atomic E-state index is 0.186. The zero-order valence-corrected chi connectivity index (χ0v) is 22.1. The van der Waals surface area contributed by atoms with Crippen molar-refractivity contribution in [1.82, 2.24) is 5.32 Å². The monoisotopic (exact) mass is 453 g/mol. The molecule has 0 aliphatic rings. The van der Waals surface area contributed by atoms with E-state index in [9.17, 15) is 0 Å². The predicted molar refractivity (Wildman–Crippen MR) is 123 cm³/mol. The van der Waals surface area contributed by atoms with Crippen molar-refractivity contribution in [2.75, 3.05) is 52.7 Å². The lowest BCUT2D eigenvalue weighted by Crippen LogP contribution is -2.33. The molecule has 9 heteroatoms. The molecule has 0 radical (unpaired) electrons. The summed E-state index contributed by atoms with van der Waals surface area (Å²) < 4.78 is 34.5. The van der Waals surface area contributed by atoms with Crippen LogP contribution in [-0.4, -0.2) is 83.5 Å². The van der Waals surface area contributed by atoms with E-state index in [0.717, 1.165) is 77.7 Å². The lowest BCUT2D eigenvalue weighted by molar-refractivity contribution is 0.0482. The molecule has 29 heavy (non-hydrogen) atoms. The van der Waals surface area contributed by atoms with Gasteiger partial charge >= 0.3 is 18.6 Å². The second-order valence-corrected chi connectivity index (χ2v) is 11.2. The highest BCUT2D eigenvalue weighted by Crippen LogP contribution is 2.05. The fraction of sp³-hybridized carbons (Fsp3) is 1.00. The lowest BCUT2D eigenvalue weighted by Gasteiger charge is -2.19. The van der Waals surface area contributed by atoms with Crippen molar-refractivity contribution < 1.29 is 27.2 Å². The van der Waals surface area contributed by atoms with Crippen LogP contribution in [0.3, 0.4) is 0 Å². The Labute approximate surface area is 182 Å². The molecule has 176 valence electrons. The van der Waals surface area contributed by atoms with Crippen LogP contribution in [0.1, 0.15) is 54.4 Å². The molecule has 0 fully saturated rings. The first kappa shape index (κ1) is 29.2. The summed E-state index contributed by atoms with van der Waals surface area (Å²) in [6.07, 6.45) is 2.36. The first-order valence-corrected chi connectivity index (χ1v) is 15.0. The van der Waals surface area contributed by atoms with E-state index in [-0.39, 0.29) is 12.2 Å². The summed E-state index contributed by atoms with van der Waals surface area (Å²) in [5.41, 5.74) is 0. The third-order valence-corrected chi connectivity index (χ3v) is 8.83. The van der Waals surface area contributed by atoms with E-state index >= 15 is 0 Å². The van der Waals surface area contributed by atoms with Crippen molar-refractivity contribution in [2.24, 2.45) is 0 Å². The molecule has 0 bridgehead atoms. The van der Waals surface area contributed by atoms with Gasteiger partial charge in [-0.3, -0.25) is 0 Å². The Kier molecular flexibility index (Phi) is 21.5. The zero-order valence-electron chi connectivity index (χ0n) is 19.7. The largest absolute Gasteiger partial charge is 0.397 e. The maximum Gasteiger partial charge on any atom is 0.321 e. The number of hydrogen-bond donors (Lipinski definition) is 1. The molecule has 0 aliphatic heterocycles. The van der Waals surface area contributed by atoms with Gasteiger partial charge in [-0.1, -0.05) is 0 Å². The second-order valence-electron chi connectivity index (χ2n) is 6.99. The Morgan fingerprint density at radius 2 is 0.966 bits per heavy atom. The van der Waals surface area contributed by atoms with Gasteiger partial charge in [0.15, 0.2) is 0 Å². The fourth-order valence-electron chi connectivity index (χ4n) is 2.85. The van der Waals surface area contributed by atoms with E-state index in [2.05, 4.69) is 19.2 Å². The van der Waals surface area contributed by atoms with Crippen molar-refractivity contribution in [3.8, 4) is 0 Å². The lowest BCUT2D eigenvalue weighted by atomic mass is 10.3. The van der Waals surface area contributed by atoms with Crippen molar-refractivity contribution in [1.29, 1.82) is 0 Å². The Morgan fingerprint density at radius 1 is 0.621 bits per heavy atom. The van der Waals surface area contributed by atoms with Crippen molar-refractivity contribution in [2.45, 2.75) is 78.7 Å².